The minimum atomic E-state index is -0.602. The number of aromatic nitrogens is 2. The summed E-state index contributed by atoms with van der Waals surface area (Å²) in [7, 11) is 0. The summed E-state index contributed by atoms with van der Waals surface area (Å²) in [4.78, 5) is 31.7. The summed E-state index contributed by atoms with van der Waals surface area (Å²) in [5.41, 5.74) is 6.54. The first-order valence-corrected chi connectivity index (χ1v) is 10.7. The summed E-state index contributed by atoms with van der Waals surface area (Å²) in [6.07, 6.45) is 10.1. The molecule has 1 aromatic heterocycles. The molecule has 30 heavy (non-hydrogen) atoms. The number of nitrogens with zero attached hydrogens (tertiary/aromatic N) is 2. The Balaban J connectivity index is 1.61. The van der Waals surface area contributed by atoms with Crippen molar-refractivity contribution in [1.82, 2.24) is 15.3 Å². The number of carbonyl (C=O) groups is 2. The van der Waals surface area contributed by atoms with Gasteiger partial charge in [0.25, 0.3) is 5.91 Å². The molecule has 0 aromatic carbocycles. The lowest BCUT2D eigenvalue weighted by molar-refractivity contribution is -0.119. The van der Waals surface area contributed by atoms with Crippen LogP contribution in [0, 0.1) is 5.92 Å². The minimum absolute atomic E-state index is 0.0239. The van der Waals surface area contributed by atoms with Crippen LogP contribution < -0.4 is 21.7 Å². The lowest BCUT2D eigenvalue weighted by Crippen LogP contribution is -2.37. The van der Waals surface area contributed by atoms with Crippen molar-refractivity contribution in [2.24, 2.45) is 11.7 Å². The molecule has 9 nitrogen and oxygen atoms in total. The zero-order chi connectivity index (χ0) is 21.5. The summed E-state index contributed by atoms with van der Waals surface area (Å²) in [6.45, 7) is 2.28. The van der Waals surface area contributed by atoms with Crippen LogP contribution in [-0.4, -0.2) is 45.6 Å². The Bertz CT molecular complexity index is 789. The Labute approximate surface area is 176 Å². The molecule has 2 aliphatic rings. The van der Waals surface area contributed by atoms with Crippen LogP contribution in [-0.2, 0) is 4.79 Å². The van der Waals surface area contributed by atoms with Crippen LogP contribution >= 0.6 is 0 Å². The average Bonchev–Trinajstić information content (AvgIpc) is 2.90. The summed E-state index contributed by atoms with van der Waals surface area (Å²) < 4.78 is 0. The molecule has 1 aromatic rings. The van der Waals surface area contributed by atoms with Gasteiger partial charge in [0, 0.05) is 37.8 Å². The molecule has 9 heteroatoms. The maximum atomic E-state index is 11.8. The molecule has 1 atom stereocenters. The average molecular weight is 417 g/mol. The van der Waals surface area contributed by atoms with Crippen molar-refractivity contribution in [2.75, 3.05) is 17.2 Å². The highest BCUT2D eigenvalue weighted by atomic mass is 16.3. The maximum Gasteiger partial charge on any atom is 0.254 e. The number of allylic oxidation sites excluding steroid dienone is 1. The number of rotatable bonds is 7. The van der Waals surface area contributed by atoms with Crippen molar-refractivity contribution >= 4 is 23.6 Å². The van der Waals surface area contributed by atoms with E-state index in [-0.39, 0.29) is 17.5 Å². The van der Waals surface area contributed by atoms with Gasteiger partial charge >= 0.3 is 0 Å². The number of primary amides is 1. The van der Waals surface area contributed by atoms with E-state index in [1.807, 2.05) is 6.08 Å². The van der Waals surface area contributed by atoms with Crippen molar-refractivity contribution in [3.8, 4) is 0 Å². The van der Waals surface area contributed by atoms with E-state index in [4.69, 9.17) is 5.73 Å². The molecule has 2 amide bonds. The monoisotopic (exact) mass is 416 g/mol. The molecule has 0 bridgehead atoms. The quantitative estimate of drug-likeness (QED) is 0.457. The Hall–Kier alpha value is -2.68. The van der Waals surface area contributed by atoms with Gasteiger partial charge in [0.15, 0.2) is 0 Å². The van der Waals surface area contributed by atoms with Crippen LogP contribution in [0.5, 0.6) is 0 Å². The summed E-state index contributed by atoms with van der Waals surface area (Å²) in [5.74, 6) is 0.687. The molecule has 6 N–H and O–H groups in total. The molecule has 1 fully saturated rings. The molecule has 0 radical (unpaired) electrons. The van der Waals surface area contributed by atoms with Gasteiger partial charge in [-0.25, -0.2) is 4.98 Å². The third kappa shape index (κ3) is 6.41. The third-order valence-electron chi connectivity index (χ3n) is 5.72. The molecular formula is C21H32N6O3. The number of aliphatic hydroxyl groups is 1. The van der Waals surface area contributed by atoms with Gasteiger partial charge in [-0.3, -0.25) is 9.59 Å². The fourth-order valence-corrected chi connectivity index (χ4v) is 4.10. The van der Waals surface area contributed by atoms with Gasteiger partial charge in [-0.15, -0.1) is 0 Å². The van der Waals surface area contributed by atoms with E-state index in [2.05, 4.69) is 25.9 Å². The number of carbonyl (C=O) groups excluding carboxylic acids is 2. The fraction of sp³-hybridized carbons (Fsp3) is 0.619. The number of nitrogens with two attached hydrogens (primary N) is 1. The predicted molar refractivity (Wildman–Crippen MR) is 115 cm³/mol. The smallest absolute Gasteiger partial charge is 0.254 e. The van der Waals surface area contributed by atoms with Crippen molar-refractivity contribution in [3.05, 3.63) is 23.5 Å². The second-order valence-corrected chi connectivity index (χ2v) is 8.26. The molecule has 164 valence electrons. The number of hydrogen-bond acceptors (Lipinski definition) is 7. The normalized spacial score (nSPS) is 24.3. The van der Waals surface area contributed by atoms with Gasteiger partial charge in [0.2, 0.25) is 11.9 Å². The van der Waals surface area contributed by atoms with Gasteiger partial charge in [-0.05, 0) is 50.9 Å². The van der Waals surface area contributed by atoms with E-state index < -0.39 is 12.0 Å². The maximum absolute atomic E-state index is 11.8. The molecule has 2 aliphatic carbocycles. The van der Waals surface area contributed by atoms with Crippen LogP contribution in [0.3, 0.4) is 0 Å². The molecule has 3 rings (SSSR count). The molecule has 0 aliphatic heterocycles. The lowest BCUT2D eigenvalue weighted by Gasteiger charge is -2.29. The Morgan fingerprint density at radius 3 is 2.70 bits per heavy atom. The van der Waals surface area contributed by atoms with E-state index in [1.165, 1.54) is 6.20 Å². The van der Waals surface area contributed by atoms with E-state index in [0.717, 1.165) is 57.2 Å². The first kappa shape index (κ1) is 22.0. The van der Waals surface area contributed by atoms with Crippen LogP contribution in [0.15, 0.2) is 18.0 Å². The number of amides is 2. The van der Waals surface area contributed by atoms with Crippen LogP contribution in [0.1, 0.15) is 68.6 Å². The largest absolute Gasteiger partial charge is 0.393 e. The molecule has 0 unspecified atom stereocenters. The fourth-order valence-electron chi connectivity index (χ4n) is 4.10. The van der Waals surface area contributed by atoms with E-state index in [0.29, 0.717) is 24.1 Å². The highest BCUT2D eigenvalue weighted by Crippen LogP contribution is 2.25. The second kappa shape index (κ2) is 10.4. The third-order valence-corrected chi connectivity index (χ3v) is 5.72. The summed E-state index contributed by atoms with van der Waals surface area (Å²) in [6, 6.07) is 0.267. The highest BCUT2D eigenvalue weighted by Gasteiger charge is 2.22. The van der Waals surface area contributed by atoms with Crippen molar-refractivity contribution in [3.63, 3.8) is 0 Å². The topological polar surface area (TPSA) is 142 Å². The first-order chi connectivity index (χ1) is 14.4. The Kier molecular flexibility index (Phi) is 7.62. The van der Waals surface area contributed by atoms with E-state index in [1.54, 1.807) is 6.92 Å². The minimum Gasteiger partial charge on any atom is -0.393 e. The number of nitrogens with one attached hydrogen (secondary N) is 3. The Morgan fingerprint density at radius 2 is 2.00 bits per heavy atom. The zero-order valence-electron chi connectivity index (χ0n) is 17.5. The van der Waals surface area contributed by atoms with Gasteiger partial charge < -0.3 is 26.8 Å². The Morgan fingerprint density at radius 1 is 1.23 bits per heavy atom. The molecular weight excluding hydrogens is 384 g/mol. The van der Waals surface area contributed by atoms with Gasteiger partial charge in [0.1, 0.15) is 11.4 Å². The number of hydrogen-bond donors (Lipinski definition) is 5. The molecule has 0 saturated heterocycles. The summed E-state index contributed by atoms with van der Waals surface area (Å²) in [5, 5.41) is 19.4. The van der Waals surface area contributed by atoms with Crippen LogP contribution in [0.2, 0.25) is 0 Å². The van der Waals surface area contributed by atoms with Gasteiger partial charge in [-0.2, -0.15) is 4.98 Å². The van der Waals surface area contributed by atoms with Crippen molar-refractivity contribution in [2.45, 2.75) is 70.4 Å². The lowest BCUT2D eigenvalue weighted by atomic mass is 9.86. The van der Waals surface area contributed by atoms with Crippen molar-refractivity contribution < 1.29 is 14.7 Å². The van der Waals surface area contributed by atoms with E-state index >= 15 is 0 Å². The van der Waals surface area contributed by atoms with E-state index in [9.17, 15) is 14.7 Å². The zero-order valence-corrected chi connectivity index (χ0v) is 17.5. The molecule has 1 heterocycles. The second-order valence-electron chi connectivity index (χ2n) is 8.26. The number of aliphatic hydroxyl groups excluding tert-OH is 1. The number of anilines is 2. The SMILES string of the molecule is CC(=O)NC1CCC(CNc2ncc(C(N)=O)c(NC3=CCCC[C@H](O)C3)n2)CC1. The summed E-state index contributed by atoms with van der Waals surface area (Å²) >= 11 is 0. The van der Waals surface area contributed by atoms with Crippen LogP contribution in [0.25, 0.3) is 0 Å². The van der Waals surface area contributed by atoms with Gasteiger partial charge in [0.05, 0.1) is 6.10 Å². The first-order valence-electron chi connectivity index (χ1n) is 10.7. The highest BCUT2D eigenvalue weighted by molar-refractivity contribution is 5.97. The molecule has 0 spiro atoms. The predicted octanol–water partition coefficient (Wildman–Crippen LogP) is 1.91. The van der Waals surface area contributed by atoms with Crippen LogP contribution in [0.4, 0.5) is 11.8 Å². The standard InChI is InChI=1S/C21H32N6O3/c1-13(28)25-15-8-6-14(7-9-15)11-23-21-24-12-18(19(22)30)20(27-21)26-16-4-2-3-5-17(29)10-16/h4,12,14-15,17,29H,2-3,5-11H2,1H3,(H2,22,30)(H,25,28)(H2,23,24,26,27)/t14?,15?,17-/m0/s1. The van der Waals surface area contributed by atoms with Crippen molar-refractivity contribution in [1.29, 1.82) is 0 Å². The molecule has 1 saturated carbocycles. The van der Waals surface area contributed by atoms with Gasteiger partial charge in [-0.1, -0.05) is 6.08 Å².